The molecule has 38 valence electrons. The molecule has 0 spiro atoms. The Hall–Kier alpha value is -0.220. The summed E-state index contributed by atoms with van der Waals surface area (Å²) in [5.41, 5.74) is 0. The van der Waals surface area contributed by atoms with E-state index in [-0.39, 0.29) is 0 Å². The van der Waals surface area contributed by atoms with E-state index in [2.05, 4.69) is 9.88 Å². The summed E-state index contributed by atoms with van der Waals surface area (Å²) in [4.78, 5) is 5.60. The molecule has 0 unspecified atom stereocenters. The molecule has 0 fully saturated rings. The highest BCUT2D eigenvalue weighted by Gasteiger charge is 1.97. The summed E-state index contributed by atoms with van der Waals surface area (Å²) in [5, 5.41) is 0. The van der Waals surface area contributed by atoms with Crippen molar-refractivity contribution in [3.8, 4) is 0 Å². The molecule has 0 aliphatic rings. The van der Waals surface area contributed by atoms with Crippen molar-refractivity contribution in [2.24, 2.45) is 0 Å². The Morgan fingerprint density at radius 2 is 1.67 bits per heavy atom. The number of halogens is 2. The standard InChI is InChI=1S/C2H4F2O2/c1-2(5-3)6-4/h2H,1H3. The summed E-state index contributed by atoms with van der Waals surface area (Å²) in [6.07, 6.45) is -1.40. The van der Waals surface area contributed by atoms with Crippen LogP contribution in [0.1, 0.15) is 6.92 Å². The van der Waals surface area contributed by atoms with Gasteiger partial charge in [-0.25, -0.2) is 0 Å². The second-order valence-electron chi connectivity index (χ2n) is 0.746. The molecule has 0 rings (SSSR count). The SMILES string of the molecule is CC(OF)OF. The first-order valence-corrected chi connectivity index (χ1v) is 1.36. The molecule has 0 aliphatic heterocycles. The zero-order valence-electron chi connectivity index (χ0n) is 3.15. The highest BCUT2D eigenvalue weighted by molar-refractivity contribution is 4.10. The minimum absolute atomic E-state index is 1.08. The van der Waals surface area contributed by atoms with Crippen molar-refractivity contribution in [1.29, 1.82) is 0 Å². The van der Waals surface area contributed by atoms with Crippen LogP contribution >= 0.6 is 0 Å². The molecule has 0 amide bonds. The summed E-state index contributed by atoms with van der Waals surface area (Å²) in [6.45, 7) is 1.08. The lowest BCUT2D eigenvalue weighted by molar-refractivity contribution is -0.340. The fraction of sp³-hybridized carbons (Fsp3) is 1.00. The highest BCUT2D eigenvalue weighted by atomic mass is 19.3. The van der Waals surface area contributed by atoms with Gasteiger partial charge in [-0.1, -0.05) is 0 Å². The van der Waals surface area contributed by atoms with Gasteiger partial charge < -0.3 is 0 Å². The van der Waals surface area contributed by atoms with E-state index in [0.717, 1.165) is 6.92 Å². The zero-order valence-corrected chi connectivity index (χ0v) is 3.15. The molecule has 0 heterocycles. The van der Waals surface area contributed by atoms with Crippen LogP contribution in [-0.2, 0) is 9.88 Å². The van der Waals surface area contributed by atoms with Gasteiger partial charge in [0.25, 0.3) is 0 Å². The third-order valence-electron chi connectivity index (χ3n) is 0.251. The molecule has 0 saturated carbocycles. The topological polar surface area (TPSA) is 18.5 Å². The van der Waals surface area contributed by atoms with Crippen molar-refractivity contribution in [2.45, 2.75) is 13.2 Å². The zero-order chi connectivity index (χ0) is 4.99. The van der Waals surface area contributed by atoms with Crippen molar-refractivity contribution < 1.29 is 18.9 Å². The Bertz CT molecular complexity index is 28.7. The summed E-state index contributed by atoms with van der Waals surface area (Å²) in [7, 11) is 0. The molecule has 0 aromatic heterocycles. The summed E-state index contributed by atoms with van der Waals surface area (Å²) in [5.74, 6) is 0. The fourth-order valence-electron chi connectivity index (χ4n) is 0.0137. The van der Waals surface area contributed by atoms with E-state index in [1.165, 1.54) is 0 Å². The van der Waals surface area contributed by atoms with Crippen molar-refractivity contribution in [3.63, 3.8) is 0 Å². The second-order valence-corrected chi connectivity index (χ2v) is 0.746. The molecule has 6 heavy (non-hydrogen) atoms. The summed E-state index contributed by atoms with van der Waals surface area (Å²) in [6, 6.07) is 0. The Balaban J connectivity index is 2.75. The minimum atomic E-state index is -1.40. The van der Waals surface area contributed by atoms with Crippen LogP contribution in [0.4, 0.5) is 9.05 Å². The van der Waals surface area contributed by atoms with Gasteiger partial charge in [0.15, 0.2) is 0 Å². The maximum absolute atomic E-state index is 10.5. The Kier molecular flexibility index (Phi) is 2.88. The van der Waals surface area contributed by atoms with Crippen LogP contribution in [0.2, 0.25) is 0 Å². The molecule has 4 heteroatoms. The third-order valence-corrected chi connectivity index (χ3v) is 0.251. The fourth-order valence-corrected chi connectivity index (χ4v) is 0.0137. The van der Waals surface area contributed by atoms with E-state index in [4.69, 9.17) is 0 Å². The van der Waals surface area contributed by atoms with E-state index >= 15 is 0 Å². The van der Waals surface area contributed by atoms with Gasteiger partial charge in [-0.3, -0.25) is 0 Å². The molecular formula is C2H4F2O2. The molecule has 0 bridgehead atoms. The van der Waals surface area contributed by atoms with Crippen LogP contribution in [-0.4, -0.2) is 6.29 Å². The smallest absolute Gasteiger partial charge is 0.159 e. The van der Waals surface area contributed by atoms with E-state index < -0.39 is 6.29 Å². The van der Waals surface area contributed by atoms with Gasteiger partial charge >= 0.3 is 0 Å². The molecule has 0 atom stereocenters. The Morgan fingerprint density at radius 1 is 1.33 bits per heavy atom. The maximum atomic E-state index is 10.5. The van der Waals surface area contributed by atoms with Gasteiger partial charge in [-0.2, -0.15) is 9.88 Å². The predicted octanol–water partition coefficient (Wildman–Crippen LogP) is 1.13. The summed E-state index contributed by atoms with van der Waals surface area (Å²) >= 11 is 0. The molecule has 0 aromatic rings. The lowest BCUT2D eigenvalue weighted by Crippen LogP contribution is -1.99. The monoisotopic (exact) mass is 98.0 g/mol. The van der Waals surface area contributed by atoms with E-state index in [9.17, 15) is 9.05 Å². The number of hydrogen-bond acceptors (Lipinski definition) is 2. The van der Waals surface area contributed by atoms with E-state index in [1.807, 2.05) is 0 Å². The molecule has 0 saturated heterocycles. The Morgan fingerprint density at radius 3 is 1.67 bits per heavy atom. The van der Waals surface area contributed by atoms with Crippen LogP contribution in [0.15, 0.2) is 0 Å². The first kappa shape index (κ1) is 5.78. The average Bonchev–Trinajstić information content (AvgIpc) is 1.65. The molecule has 0 radical (unpaired) electrons. The molecule has 0 aliphatic carbocycles. The largest absolute Gasteiger partial charge is 0.232 e. The van der Waals surface area contributed by atoms with Crippen LogP contribution in [0.5, 0.6) is 0 Å². The van der Waals surface area contributed by atoms with E-state index in [1.54, 1.807) is 0 Å². The van der Waals surface area contributed by atoms with Crippen LogP contribution < -0.4 is 0 Å². The lowest BCUT2D eigenvalue weighted by Gasteiger charge is -1.92. The first-order chi connectivity index (χ1) is 2.81. The average molecular weight is 98.0 g/mol. The van der Waals surface area contributed by atoms with Crippen LogP contribution in [0.3, 0.4) is 0 Å². The molecule has 2 nitrogen and oxygen atoms in total. The molecule has 0 N–H and O–H groups in total. The minimum Gasteiger partial charge on any atom is -0.159 e. The second kappa shape index (κ2) is 2.99. The van der Waals surface area contributed by atoms with E-state index in [0.29, 0.717) is 0 Å². The number of hydrogen-bond donors (Lipinski definition) is 0. The third kappa shape index (κ3) is 2.04. The highest BCUT2D eigenvalue weighted by Crippen LogP contribution is 1.91. The van der Waals surface area contributed by atoms with Gasteiger partial charge in [-0.15, -0.1) is 0 Å². The molecule has 0 aromatic carbocycles. The number of rotatable bonds is 2. The van der Waals surface area contributed by atoms with Gasteiger partial charge in [0.1, 0.15) is 0 Å². The molecular weight excluding hydrogens is 94.0 g/mol. The first-order valence-electron chi connectivity index (χ1n) is 1.36. The van der Waals surface area contributed by atoms with Crippen molar-refractivity contribution in [1.82, 2.24) is 0 Å². The normalized spacial score (nSPS) is 10.0. The van der Waals surface area contributed by atoms with Gasteiger partial charge in [0, 0.05) is 0 Å². The van der Waals surface area contributed by atoms with Gasteiger partial charge in [0.2, 0.25) is 6.29 Å². The Labute approximate surface area is 33.5 Å². The predicted molar refractivity (Wildman–Crippen MR) is 13.8 cm³/mol. The maximum Gasteiger partial charge on any atom is 0.232 e. The lowest BCUT2D eigenvalue weighted by atomic mass is 10.8. The summed E-state index contributed by atoms with van der Waals surface area (Å²) < 4.78 is 21.0. The van der Waals surface area contributed by atoms with Crippen LogP contribution in [0, 0.1) is 0 Å². The van der Waals surface area contributed by atoms with Gasteiger partial charge in [-0.05, 0) is 16.0 Å². The van der Waals surface area contributed by atoms with Crippen molar-refractivity contribution >= 4 is 0 Å². The van der Waals surface area contributed by atoms with Crippen molar-refractivity contribution in [3.05, 3.63) is 0 Å². The quantitative estimate of drug-likeness (QED) is 0.482. The van der Waals surface area contributed by atoms with Gasteiger partial charge in [0.05, 0.1) is 0 Å². The van der Waals surface area contributed by atoms with Crippen LogP contribution in [0.25, 0.3) is 0 Å². The van der Waals surface area contributed by atoms with Crippen molar-refractivity contribution in [2.75, 3.05) is 0 Å².